The topological polar surface area (TPSA) is 117 Å². The Morgan fingerprint density at radius 2 is 2.06 bits per heavy atom. The Bertz CT molecular complexity index is 491. The molecule has 1 atom stereocenters. The summed E-state index contributed by atoms with van der Waals surface area (Å²) in [6.07, 6.45) is 0.270. The van der Waals surface area contributed by atoms with Crippen LogP contribution in [0.2, 0.25) is 0 Å². The Kier molecular flexibility index (Phi) is 4.30. The van der Waals surface area contributed by atoms with E-state index >= 15 is 0 Å². The predicted octanol–water partition coefficient (Wildman–Crippen LogP) is -0.122. The third kappa shape index (κ3) is 3.81. The van der Waals surface area contributed by atoms with E-state index in [1.807, 2.05) is 5.32 Å². The van der Waals surface area contributed by atoms with Gasteiger partial charge in [0.25, 0.3) is 5.91 Å². The molecule has 0 unspecified atom stereocenters. The molecule has 1 amide bonds. The van der Waals surface area contributed by atoms with Crippen LogP contribution in [0.15, 0.2) is 18.3 Å². The molecule has 0 radical (unpaired) electrons. The molecule has 0 fully saturated rings. The molecule has 18 heavy (non-hydrogen) atoms. The summed E-state index contributed by atoms with van der Waals surface area (Å²) < 4.78 is 12.7. The van der Waals surface area contributed by atoms with Crippen LogP contribution in [0.25, 0.3) is 0 Å². The second-order valence-corrected chi connectivity index (χ2v) is 3.33. The highest BCUT2D eigenvalue weighted by Crippen LogP contribution is 2.02. The summed E-state index contributed by atoms with van der Waals surface area (Å²) in [5, 5.41) is 19.2. The molecule has 7 nitrogen and oxygen atoms in total. The lowest BCUT2D eigenvalue weighted by molar-refractivity contribution is -0.145. The fraction of sp³-hybridized carbons (Fsp3) is 0.200. The first kappa shape index (κ1) is 13.6. The lowest BCUT2D eigenvalue weighted by Crippen LogP contribution is -2.42. The number of carbonyl (C=O) groups is 3. The van der Waals surface area contributed by atoms with Crippen LogP contribution in [-0.2, 0) is 9.59 Å². The lowest BCUT2D eigenvalue weighted by Gasteiger charge is -2.12. The van der Waals surface area contributed by atoms with Crippen molar-refractivity contribution in [2.45, 2.75) is 12.5 Å². The van der Waals surface area contributed by atoms with E-state index in [0.717, 1.165) is 12.3 Å². The number of halogens is 1. The van der Waals surface area contributed by atoms with Crippen molar-refractivity contribution in [1.82, 2.24) is 10.3 Å². The van der Waals surface area contributed by atoms with E-state index in [2.05, 4.69) is 4.98 Å². The molecule has 0 aromatic carbocycles. The molecule has 0 bridgehead atoms. The first-order chi connectivity index (χ1) is 8.40. The number of rotatable bonds is 5. The Morgan fingerprint density at radius 3 is 2.56 bits per heavy atom. The highest BCUT2D eigenvalue weighted by atomic mass is 19.1. The van der Waals surface area contributed by atoms with Crippen molar-refractivity contribution in [3.8, 4) is 0 Å². The zero-order valence-corrected chi connectivity index (χ0v) is 8.96. The number of hydrogen-bond acceptors (Lipinski definition) is 4. The number of aliphatic carboxylic acids is 2. The minimum absolute atomic E-state index is 0.140. The predicted molar refractivity (Wildman–Crippen MR) is 55.3 cm³/mol. The average Bonchev–Trinajstić information content (AvgIpc) is 2.27. The smallest absolute Gasteiger partial charge is 0.326 e. The maximum atomic E-state index is 12.7. The second-order valence-electron chi connectivity index (χ2n) is 3.33. The molecule has 0 spiro atoms. The van der Waals surface area contributed by atoms with Crippen molar-refractivity contribution < 1.29 is 29.0 Å². The molecule has 0 aliphatic heterocycles. The molecule has 1 aromatic rings. The number of amides is 1. The zero-order chi connectivity index (χ0) is 13.7. The summed E-state index contributed by atoms with van der Waals surface area (Å²) >= 11 is 0. The summed E-state index contributed by atoms with van der Waals surface area (Å²) in [6.45, 7) is 0. The SMILES string of the molecule is O=C(O)C[C@@H](NC(=O)c1ccnc(F)c1)C(=O)O. The minimum Gasteiger partial charge on any atom is -0.481 e. The first-order valence-electron chi connectivity index (χ1n) is 4.77. The van der Waals surface area contributed by atoms with E-state index in [4.69, 9.17) is 10.2 Å². The summed E-state index contributed by atoms with van der Waals surface area (Å²) in [4.78, 5) is 35.9. The highest BCUT2D eigenvalue weighted by molar-refractivity contribution is 5.97. The Balaban J connectivity index is 2.78. The molecule has 1 rings (SSSR count). The molecule has 0 aliphatic rings. The Morgan fingerprint density at radius 1 is 1.39 bits per heavy atom. The molecule has 96 valence electrons. The highest BCUT2D eigenvalue weighted by Gasteiger charge is 2.23. The standard InChI is InChI=1S/C10H9FN2O5/c11-7-3-5(1-2-12-7)9(16)13-6(10(17)18)4-8(14)15/h1-3,6H,4H2,(H,13,16)(H,14,15)(H,17,18)/t6-/m1/s1. The van der Waals surface area contributed by atoms with Gasteiger partial charge in [-0.25, -0.2) is 9.78 Å². The third-order valence-corrected chi connectivity index (χ3v) is 1.97. The molecule has 3 N–H and O–H groups in total. The molecule has 1 heterocycles. The van der Waals surface area contributed by atoms with Crippen molar-refractivity contribution in [1.29, 1.82) is 0 Å². The molecule has 0 saturated heterocycles. The second kappa shape index (κ2) is 5.71. The average molecular weight is 256 g/mol. The Labute approximate surface area is 100 Å². The largest absolute Gasteiger partial charge is 0.481 e. The van der Waals surface area contributed by atoms with E-state index in [1.54, 1.807) is 0 Å². The van der Waals surface area contributed by atoms with E-state index in [0.29, 0.717) is 0 Å². The van der Waals surface area contributed by atoms with E-state index in [-0.39, 0.29) is 5.56 Å². The van der Waals surface area contributed by atoms with Crippen molar-refractivity contribution >= 4 is 17.8 Å². The van der Waals surface area contributed by atoms with Gasteiger partial charge in [0.05, 0.1) is 6.42 Å². The van der Waals surface area contributed by atoms with Crippen LogP contribution in [-0.4, -0.2) is 39.1 Å². The zero-order valence-electron chi connectivity index (χ0n) is 8.96. The maximum absolute atomic E-state index is 12.7. The maximum Gasteiger partial charge on any atom is 0.326 e. The molecule has 0 saturated carbocycles. The van der Waals surface area contributed by atoms with Gasteiger partial charge in [-0.2, -0.15) is 4.39 Å². The fourth-order valence-corrected chi connectivity index (χ4v) is 1.16. The van der Waals surface area contributed by atoms with Crippen molar-refractivity contribution in [2.75, 3.05) is 0 Å². The van der Waals surface area contributed by atoms with Gasteiger partial charge in [-0.3, -0.25) is 9.59 Å². The molecular weight excluding hydrogens is 247 g/mol. The van der Waals surface area contributed by atoms with Gasteiger partial charge in [0.15, 0.2) is 0 Å². The van der Waals surface area contributed by atoms with Crippen molar-refractivity contribution in [2.24, 2.45) is 0 Å². The normalized spacial score (nSPS) is 11.6. The number of aromatic nitrogens is 1. The van der Waals surface area contributed by atoms with Gasteiger partial charge < -0.3 is 15.5 Å². The quantitative estimate of drug-likeness (QED) is 0.632. The monoisotopic (exact) mass is 256 g/mol. The lowest BCUT2D eigenvalue weighted by atomic mass is 10.2. The Hall–Kier alpha value is -2.51. The van der Waals surface area contributed by atoms with Crippen LogP contribution in [0.5, 0.6) is 0 Å². The number of hydrogen-bond donors (Lipinski definition) is 3. The van der Waals surface area contributed by atoms with E-state index < -0.39 is 36.3 Å². The van der Waals surface area contributed by atoms with Gasteiger partial charge in [0.1, 0.15) is 6.04 Å². The third-order valence-electron chi connectivity index (χ3n) is 1.97. The molecular formula is C10H9FN2O5. The molecule has 1 aromatic heterocycles. The number of carboxylic acids is 2. The van der Waals surface area contributed by atoms with Crippen LogP contribution in [0.3, 0.4) is 0 Å². The number of nitrogens with zero attached hydrogens (tertiary/aromatic N) is 1. The fourth-order valence-electron chi connectivity index (χ4n) is 1.16. The van der Waals surface area contributed by atoms with Gasteiger partial charge in [-0.05, 0) is 6.07 Å². The van der Waals surface area contributed by atoms with Crippen LogP contribution >= 0.6 is 0 Å². The van der Waals surface area contributed by atoms with Gasteiger partial charge in [0, 0.05) is 17.8 Å². The first-order valence-corrected chi connectivity index (χ1v) is 4.77. The number of nitrogens with one attached hydrogen (secondary N) is 1. The van der Waals surface area contributed by atoms with E-state index in [9.17, 15) is 18.8 Å². The number of carbonyl (C=O) groups excluding carboxylic acids is 1. The number of carboxylic acid groups (broad SMARTS) is 2. The van der Waals surface area contributed by atoms with Gasteiger partial charge in [-0.1, -0.05) is 0 Å². The van der Waals surface area contributed by atoms with E-state index in [1.165, 1.54) is 6.07 Å². The molecule has 0 aliphatic carbocycles. The summed E-state index contributed by atoms with van der Waals surface area (Å²) in [5.74, 6) is -4.64. The molecule has 8 heteroatoms. The summed E-state index contributed by atoms with van der Waals surface area (Å²) in [5.41, 5.74) is -0.140. The van der Waals surface area contributed by atoms with Crippen LogP contribution in [0, 0.1) is 5.95 Å². The van der Waals surface area contributed by atoms with Gasteiger partial charge in [0.2, 0.25) is 5.95 Å². The van der Waals surface area contributed by atoms with Gasteiger partial charge in [-0.15, -0.1) is 0 Å². The summed E-state index contributed by atoms with van der Waals surface area (Å²) in [6, 6.07) is 0.416. The number of pyridine rings is 1. The van der Waals surface area contributed by atoms with Crippen molar-refractivity contribution in [3.05, 3.63) is 29.8 Å². The minimum atomic E-state index is -1.58. The van der Waals surface area contributed by atoms with Crippen molar-refractivity contribution in [3.63, 3.8) is 0 Å². The van der Waals surface area contributed by atoms with Gasteiger partial charge >= 0.3 is 11.9 Å². The van der Waals surface area contributed by atoms with Crippen LogP contribution < -0.4 is 5.32 Å². The van der Waals surface area contributed by atoms with Crippen LogP contribution in [0.1, 0.15) is 16.8 Å². The van der Waals surface area contributed by atoms with Crippen LogP contribution in [0.4, 0.5) is 4.39 Å². The summed E-state index contributed by atoms with van der Waals surface area (Å²) in [7, 11) is 0.